The SMILES string of the molecule is CCNC(c1cc(C)cc(Cl)c1)c1ccccc1OC. The van der Waals surface area contributed by atoms with Gasteiger partial charge < -0.3 is 10.1 Å². The number of halogens is 1. The van der Waals surface area contributed by atoms with Crippen LogP contribution in [0.25, 0.3) is 0 Å². The van der Waals surface area contributed by atoms with Gasteiger partial charge in [-0.1, -0.05) is 42.8 Å². The van der Waals surface area contributed by atoms with E-state index in [1.165, 1.54) is 0 Å². The first kappa shape index (κ1) is 14.9. The van der Waals surface area contributed by atoms with Gasteiger partial charge in [0.15, 0.2) is 0 Å². The Hall–Kier alpha value is -1.51. The van der Waals surface area contributed by atoms with Crippen LogP contribution >= 0.6 is 11.6 Å². The second-order valence-corrected chi connectivity index (χ2v) is 5.23. The van der Waals surface area contributed by atoms with Crippen LogP contribution in [0.2, 0.25) is 5.02 Å². The average molecular weight is 290 g/mol. The quantitative estimate of drug-likeness (QED) is 0.883. The smallest absolute Gasteiger partial charge is 0.123 e. The van der Waals surface area contributed by atoms with Crippen molar-refractivity contribution in [3.8, 4) is 5.75 Å². The highest BCUT2D eigenvalue weighted by Crippen LogP contribution is 2.31. The second kappa shape index (κ2) is 6.78. The third kappa shape index (κ3) is 3.33. The van der Waals surface area contributed by atoms with Gasteiger partial charge in [0.05, 0.1) is 13.2 Å². The zero-order valence-electron chi connectivity index (χ0n) is 12.1. The lowest BCUT2D eigenvalue weighted by Gasteiger charge is -2.22. The molecular formula is C17H20ClNO. The normalized spacial score (nSPS) is 12.2. The van der Waals surface area contributed by atoms with Gasteiger partial charge in [-0.05, 0) is 42.8 Å². The van der Waals surface area contributed by atoms with E-state index in [0.717, 1.165) is 34.0 Å². The molecule has 1 N–H and O–H groups in total. The lowest BCUT2D eigenvalue weighted by Crippen LogP contribution is -2.22. The van der Waals surface area contributed by atoms with E-state index in [-0.39, 0.29) is 6.04 Å². The number of aryl methyl sites for hydroxylation is 1. The third-order valence-corrected chi connectivity index (χ3v) is 3.47. The molecule has 20 heavy (non-hydrogen) atoms. The zero-order chi connectivity index (χ0) is 14.5. The number of rotatable bonds is 5. The van der Waals surface area contributed by atoms with Gasteiger partial charge in [-0.3, -0.25) is 0 Å². The number of para-hydroxylation sites is 1. The van der Waals surface area contributed by atoms with Crippen LogP contribution in [0.4, 0.5) is 0 Å². The summed E-state index contributed by atoms with van der Waals surface area (Å²) in [6.07, 6.45) is 0. The lowest BCUT2D eigenvalue weighted by molar-refractivity contribution is 0.404. The molecule has 0 aliphatic heterocycles. The minimum Gasteiger partial charge on any atom is -0.496 e. The molecule has 0 spiro atoms. The predicted octanol–water partition coefficient (Wildman–Crippen LogP) is 4.36. The van der Waals surface area contributed by atoms with Crippen molar-refractivity contribution in [2.24, 2.45) is 0 Å². The van der Waals surface area contributed by atoms with Crippen molar-refractivity contribution in [3.63, 3.8) is 0 Å². The van der Waals surface area contributed by atoms with Gasteiger partial charge >= 0.3 is 0 Å². The molecule has 2 rings (SSSR count). The van der Waals surface area contributed by atoms with Crippen LogP contribution in [0.15, 0.2) is 42.5 Å². The van der Waals surface area contributed by atoms with Crippen molar-refractivity contribution in [2.75, 3.05) is 13.7 Å². The third-order valence-electron chi connectivity index (χ3n) is 3.26. The fourth-order valence-electron chi connectivity index (χ4n) is 2.45. The van der Waals surface area contributed by atoms with Crippen LogP contribution in [-0.2, 0) is 0 Å². The van der Waals surface area contributed by atoms with Gasteiger partial charge in [0.2, 0.25) is 0 Å². The zero-order valence-corrected chi connectivity index (χ0v) is 12.9. The topological polar surface area (TPSA) is 21.3 Å². The van der Waals surface area contributed by atoms with Crippen LogP contribution in [0.5, 0.6) is 5.75 Å². The molecule has 0 aromatic heterocycles. The summed E-state index contributed by atoms with van der Waals surface area (Å²) >= 11 is 6.20. The first-order chi connectivity index (χ1) is 9.65. The van der Waals surface area contributed by atoms with Crippen molar-refractivity contribution in [3.05, 3.63) is 64.2 Å². The number of nitrogens with one attached hydrogen (secondary N) is 1. The highest BCUT2D eigenvalue weighted by atomic mass is 35.5. The Balaban J connectivity index is 2.50. The molecule has 0 saturated heterocycles. The fraction of sp³-hybridized carbons (Fsp3) is 0.294. The molecular weight excluding hydrogens is 270 g/mol. The van der Waals surface area contributed by atoms with Crippen molar-refractivity contribution in [1.82, 2.24) is 5.32 Å². The molecule has 106 valence electrons. The predicted molar refractivity (Wildman–Crippen MR) is 84.7 cm³/mol. The maximum atomic E-state index is 6.20. The summed E-state index contributed by atoms with van der Waals surface area (Å²) in [6.45, 7) is 5.02. The maximum Gasteiger partial charge on any atom is 0.123 e. The van der Waals surface area contributed by atoms with E-state index in [9.17, 15) is 0 Å². The summed E-state index contributed by atoms with van der Waals surface area (Å²) < 4.78 is 5.48. The molecule has 0 heterocycles. The molecule has 0 aliphatic carbocycles. The average Bonchev–Trinajstić information content (AvgIpc) is 2.43. The van der Waals surface area contributed by atoms with E-state index < -0.39 is 0 Å². The van der Waals surface area contributed by atoms with Crippen molar-refractivity contribution in [1.29, 1.82) is 0 Å². The largest absolute Gasteiger partial charge is 0.496 e. The Morgan fingerprint density at radius 1 is 1.20 bits per heavy atom. The van der Waals surface area contributed by atoms with Gasteiger partial charge in [-0.2, -0.15) is 0 Å². The van der Waals surface area contributed by atoms with E-state index >= 15 is 0 Å². The Labute approximate surface area is 125 Å². The molecule has 3 heteroatoms. The molecule has 0 bridgehead atoms. The Kier molecular flexibility index (Phi) is 5.05. The van der Waals surface area contributed by atoms with Crippen LogP contribution in [0.3, 0.4) is 0 Å². The van der Waals surface area contributed by atoms with E-state index in [2.05, 4.69) is 31.3 Å². The van der Waals surface area contributed by atoms with Gasteiger partial charge in [0, 0.05) is 10.6 Å². The first-order valence-electron chi connectivity index (χ1n) is 6.79. The molecule has 0 amide bonds. The summed E-state index contributed by atoms with van der Waals surface area (Å²) in [6, 6.07) is 14.3. The summed E-state index contributed by atoms with van der Waals surface area (Å²) in [7, 11) is 1.70. The molecule has 0 aliphatic rings. The van der Waals surface area contributed by atoms with E-state index in [0.29, 0.717) is 0 Å². The Morgan fingerprint density at radius 2 is 1.95 bits per heavy atom. The molecule has 2 aromatic carbocycles. The van der Waals surface area contributed by atoms with Crippen LogP contribution in [-0.4, -0.2) is 13.7 Å². The Bertz CT molecular complexity index is 563. The van der Waals surface area contributed by atoms with E-state index in [1.54, 1.807) is 7.11 Å². The number of hydrogen-bond acceptors (Lipinski definition) is 2. The fourth-order valence-corrected chi connectivity index (χ4v) is 2.75. The monoisotopic (exact) mass is 289 g/mol. The van der Waals surface area contributed by atoms with Gasteiger partial charge in [-0.15, -0.1) is 0 Å². The standard InChI is InChI=1S/C17H20ClNO/c1-4-19-17(13-9-12(2)10-14(18)11-13)15-7-5-6-8-16(15)20-3/h5-11,17,19H,4H2,1-3H3. The molecule has 0 radical (unpaired) electrons. The summed E-state index contributed by atoms with van der Waals surface area (Å²) in [4.78, 5) is 0. The number of benzene rings is 2. The molecule has 2 nitrogen and oxygen atoms in total. The number of hydrogen-bond donors (Lipinski definition) is 1. The van der Waals surface area contributed by atoms with E-state index in [1.807, 2.05) is 30.3 Å². The minimum absolute atomic E-state index is 0.0774. The van der Waals surface area contributed by atoms with Crippen molar-refractivity contribution < 1.29 is 4.74 Å². The number of ether oxygens (including phenoxy) is 1. The first-order valence-corrected chi connectivity index (χ1v) is 7.17. The summed E-state index contributed by atoms with van der Waals surface area (Å²) in [5.41, 5.74) is 3.44. The minimum atomic E-state index is 0.0774. The molecule has 0 saturated carbocycles. The molecule has 1 unspecified atom stereocenters. The van der Waals surface area contributed by atoms with E-state index in [4.69, 9.17) is 16.3 Å². The van der Waals surface area contributed by atoms with Gasteiger partial charge in [-0.25, -0.2) is 0 Å². The van der Waals surface area contributed by atoms with Crippen molar-refractivity contribution >= 4 is 11.6 Å². The second-order valence-electron chi connectivity index (χ2n) is 4.79. The molecule has 0 fully saturated rings. The van der Waals surface area contributed by atoms with Crippen LogP contribution in [0.1, 0.15) is 29.7 Å². The summed E-state index contributed by atoms with van der Waals surface area (Å²) in [5.74, 6) is 0.885. The highest BCUT2D eigenvalue weighted by molar-refractivity contribution is 6.30. The maximum absolute atomic E-state index is 6.20. The molecule has 1 atom stereocenters. The van der Waals surface area contributed by atoms with Crippen molar-refractivity contribution in [2.45, 2.75) is 19.9 Å². The molecule has 2 aromatic rings. The number of methoxy groups -OCH3 is 1. The van der Waals surface area contributed by atoms with Crippen LogP contribution in [0, 0.1) is 6.92 Å². The van der Waals surface area contributed by atoms with Gasteiger partial charge in [0.25, 0.3) is 0 Å². The lowest BCUT2D eigenvalue weighted by atomic mass is 9.96. The Morgan fingerprint density at radius 3 is 2.60 bits per heavy atom. The van der Waals surface area contributed by atoms with Crippen LogP contribution < -0.4 is 10.1 Å². The summed E-state index contributed by atoms with van der Waals surface area (Å²) in [5, 5.41) is 4.27. The highest BCUT2D eigenvalue weighted by Gasteiger charge is 2.17. The van der Waals surface area contributed by atoms with Gasteiger partial charge in [0.1, 0.15) is 5.75 Å².